The summed E-state index contributed by atoms with van der Waals surface area (Å²) in [5.41, 5.74) is 5.60. The monoisotopic (exact) mass is 523 g/mol. The summed E-state index contributed by atoms with van der Waals surface area (Å²) in [6, 6.07) is 35.6. The number of para-hydroxylation sites is 2. The van der Waals surface area contributed by atoms with Gasteiger partial charge in [-0.3, -0.25) is 0 Å². The molecule has 184 valence electrons. The van der Waals surface area contributed by atoms with Crippen LogP contribution < -0.4 is 0 Å². The Morgan fingerprint density at radius 1 is 0.487 bits per heavy atom. The zero-order valence-electron chi connectivity index (χ0n) is 20.4. The average molecular weight is 524 g/mol. The van der Waals surface area contributed by atoms with E-state index in [1.54, 1.807) is 0 Å². The quantitative estimate of drug-likeness (QED) is 0.231. The molecule has 0 saturated carbocycles. The molecule has 0 radical (unpaired) electrons. The molecule has 5 nitrogen and oxygen atoms in total. The first-order valence-corrected chi connectivity index (χ1v) is 12.9. The SMILES string of the molecule is Clc1ccc2oc3cccc(-c4nc(-c5ccccc5)nc(-c5cccc6c5oc5ccccc56)n4)c3c2c1. The predicted molar refractivity (Wildman–Crippen MR) is 156 cm³/mol. The zero-order valence-corrected chi connectivity index (χ0v) is 21.2. The normalized spacial score (nSPS) is 11.7. The number of hydrogen-bond donors (Lipinski definition) is 0. The summed E-state index contributed by atoms with van der Waals surface area (Å²) in [5.74, 6) is 1.65. The molecule has 0 spiro atoms. The van der Waals surface area contributed by atoms with Crippen LogP contribution in [0.25, 0.3) is 78.0 Å². The van der Waals surface area contributed by atoms with Gasteiger partial charge in [0.15, 0.2) is 17.5 Å². The smallest absolute Gasteiger partial charge is 0.167 e. The molecular formula is C33H18ClN3O2. The summed E-state index contributed by atoms with van der Waals surface area (Å²) in [6.45, 7) is 0. The van der Waals surface area contributed by atoms with Crippen LogP contribution in [-0.4, -0.2) is 15.0 Å². The third-order valence-corrected chi connectivity index (χ3v) is 7.25. The molecule has 5 aromatic carbocycles. The maximum absolute atomic E-state index is 6.38. The van der Waals surface area contributed by atoms with Gasteiger partial charge in [0.2, 0.25) is 0 Å². The molecule has 39 heavy (non-hydrogen) atoms. The van der Waals surface area contributed by atoms with Gasteiger partial charge in [0, 0.05) is 37.7 Å². The molecule has 0 bridgehead atoms. The Labute approximate surface area is 227 Å². The van der Waals surface area contributed by atoms with E-state index in [-0.39, 0.29) is 0 Å². The summed E-state index contributed by atoms with van der Waals surface area (Å²) in [5, 5.41) is 4.53. The number of aromatic nitrogens is 3. The number of rotatable bonds is 3. The van der Waals surface area contributed by atoms with E-state index in [1.165, 1.54) is 0 Å². The van der Waals surface area contributed by atoms with E-state index < -0.39 is 0 Å². The van der Waals surface area contributed by atoms with Crippen LogP contribution in [0.15, 0.2) is 118 Å². The lowest BCUT2D eigenvalue weighted by atomic mass is 10.0. The van der Waals surface area contributed by atoms with Gasteiger partial charge in [-0.15, -0.1) is 0 Å². The van der Waals surface area contributed by atoms with Crippen LogP contribution in [0.4, 0.5) is 0 Å². The van der Waals surface area contributed by atoms with Crippen molar-refractivity contribution in [3.05, 3.63) is 114 Å². The van der Waals surface area contributed by atoms with Crippen LogP contribution in [0.3, 0.4) is 0 Å². The van der Waals surface area contributed by atoms with Gasteiger partial charge in [0.25, 0.3) is 0 Å². The van der Waals surface area contributed by atoms with E-state index in [0.29, 0.717) is 22.5 Å². The first-order valence-electron chi connectivity index (χ1n) is 12.6. The second-order valence-corrected chi connectivity index (χ2v) is 9.81. The molecule has 8 aromatic rings. The fourth-order valence-electron chi connectivity index (χ4n) is 5.24. The highest BCUT2D eigenvalue weighted by Crippen LogP contribution is 2.39. The molecule has 0 N–H and O–H groups in total. The van der Waals surface area contributed by atoms with Crippen LogP contribution in [-0.2, 0) is 0 Å². The summed E-state index contributed by atoms with van der Waals surface area (Å²) in [4.78, 5) is 14.9. The van der Waals surface area contributed by atoms with Gasteiger partial charge in [-0.1, -0.05) is 84.4 Å². The molecule has 8 rings (SSSR count). The summed E-state index contributed by atoms with van der Waals surface area (Å²) >= 11 is 6.38. The lowest BCUT2D eigenvalue weighted by Gasteiger charge is -2.09. The lowest BCUT2D eigenvalue weighted by molar-refractivity contribution is 0.668. The van der Waals surface area contributed by atoms with Gasteiger partial charge in [-0.2, -0.15) is 0 Å². The Balaban J connectivity index is 1.44. The first-order chi connectivity index (χ1) is 19.2. The minimum absolute atomic E-state index is 0.534. The van der Waals surface area contributed by atoms with Crippen molar-refractivity contribution in [2.45, 2.75) is 0 Å². The molecule has 6 heteroatoms. The Hall–Kier alpha value is -5.00. The van der Waals surface area contributed by atoms with Crippen LogP contribution in [0.1, 0.15) is 0 Å². The molecule has 0 atom stereocenters. The minimum atomic E-state index is 0.534. The van der Waals surface area contributed by atoms with Crippen LogP contribution in [0.2, 0.25) is 5.02 Å². The van der Waals surface area contributed by atoms with Crippen molar-refractivity contribution in [2.24, 2.45) is 0 Å². The van der Waals surface area contributed by atoms with Crippen molar-refractivity contribution in [1.82, 2.24) is 15.0 Å². The van der Waals surface area contributed by atoms with E-state index in [2.05, 4.69) is 12.1 Å². The second-order valence-electron chi connectivity index (χ2n) is 9.37. The van der Waals surface area contributed by atoms with Crippen molar-refractivity contribution in [1.29, 1.82) is 0 Å². The number of hydrogen-bond acceptors (Lipinski definition) is 5. The molecule has 3 aromatic heterocycles. The minimum Gasteiger partial charge on any atom is -0.456 e. The lowest BCUT2D eigenvalue weighted by Crippen LogP contribution is -2.00. The fraction of sp³-hybridized carbons (Fsp3) is 0. The molecule has 0 fully saturated rings. The Bertz CT molecular complexity index is 2200. The largest absolute Gasteiger partial charge is 0.456 e. The van der Waals surface area contributed by atoms with E-state index in [4.69, 9.17) is 35.4 Å². The van der Waals surface area contributed by atoms with Gasteiger partial charge in [0.05, 0.1) is 5.56 Å². The molecule has 0 aliphatic carbocycles. The van der Waals surface area contributed by atoms with Gasteiger partial charge in [-0.05, 0) is 36.4 Å². The zero-order chi connectivity index (χ0) is 25.9. The van der Waals surface area contributed by atoms with E-state index in [0.717, 1.165) is 60.6 Å². The molecule has 0 amide bonds. The van der Waals surface area contributed by atoms with Crippen LogP contribution in [0.5, 0.6) is 0 Å². The third kappa shape index (κ3) is 3.51. The standard InChI is InChI=1S/C33H18ClN3O2/c34-20-16-17-27-25(18-20)29-23(12-7-15-28(29)38-27)32-35-31(19-8-2-1-3-9-19)36-33(37-32)24-13-6-11-22-21-10-4-5-14-26(21)39-30(22)24/h1-18H. The topological polar surface area (TPSA) is 65.0 Å². The van der Waals surface area contributed by atoms with Gasteiger partial charge in [-0.25, -0.2) is 15.0 Å². The number of nitrogens with zero attached hydrogens (tertiary/aromatic N) is 3. The van der Waals surface area contributed by atoms with E-state index >= 15 is 0 Å². The second kappa shape index (κ2) is 8.51. The number of fused-ring (bicyclic) bond motifs is 6. The van der Waals surface area contributed by atoms with E-state index in [9.17, 15) is 0 Å². The summed E-state index contributed by atoms with van der Waals surface area (Å²) < 4.78 is 12.5. The summed E-state index contributed by atoms with van der Waals surface area (Å²) in [6.07, 6.45) is 0. The highest BCUT2D eigenvalue weighted by Gasteiger charge is 2.20. The Morgan fingerprint density at radius 2 is 1.15 bits per heavy atom. The van der Waals surface area contributed by atoms with Gasteiger partial charge < -0.3 is 8.83 Å². The van der Waals surface area contributed by atoms with Crippen LogP contribution in [0, 0.1) is 0 Å². The maximum atomic E-state index is 6.38. The Kier molecular flexibility index (Phi) is 4.81. The predicted octanol–water partition coefficient (Wildman–Crippen LogP) is 9.32. The first kappa shape index (κ1) is 22.0. The highest BCUT2D eigenvalue weighted by atomic mass is 35.5. The molecule has 0 aliphatic rings. The number of furan rings is 2. The highest BCUT2D eigenvalue weighted by molar-refractivity contribution is 6.32. The number of benzene rings is 5. The molecule has 0 aliphatic heterocycles. The average Bonchev–Trinajstić information content (AvgIpc) is 3.55. The molecular weight excluding hydrogens is 506 g/mol. The third-order valence-electron chi connectivity index (χ3n) is 7.01. The molecule has 3 heterocycles. The van der Waals surface area contributed by atoms with Gasteiger partial charge in [0.1, 0.15) is 22.3 Å². The van der Waals surface area contributed by atoms with Crippen molar-refractivity contribution in [3.63, 3.8) is 0 Å². The molecule has 0 saturated heterocycles. The molecule has 0 unspecified atom stereocenters. The van der Waals surface area contributed by atoms with Gasteiger partial charge >= 0.3 is 0 Å². The summed E-state index contributed by atoms with van der Waals surface area (Å²) in [7, 11) is 0. The maximum Gasteiger partial charge on any atom is 0.167 e. The van der Waals surface area contributed by atoms with Crippen molar-refractivity contribution < 1.29 is 8.83 Å². The Morgan fingerprint density at radius 3 is 2.05 bits per heavy atom. The van der Waals surface area contributed by atoms with Crippen molar-refractivity contribution in [2.75, 3.05) is 0 Å². The van der Waals surface area contributed by atoms with Crippen molar-refractivity contribution in [3.8, 4) is 34.2 Å². The fourth-order valence-corrected chi connectivity index (χ4v) is 5.41. The van der Waals surface area contributed by atoms with Crippen molar-refractivity contribution >= 4 is 55.5 Å². The van der Waals surface area contributed by atoms with Crippen LogP contribution >= 0.6 is 11.6 Å². The number of halogens is 1. The van der Waals surface area contributed by atoms with E-state index in [1.807, 2.05) is 97.1 Å².